The number of nitrogens with zero attached hydrogens (tertiary/aromatic N) is 5. The number of hydrogen-bond donors (Lipinski definition) is 0. The van der Waals surface area contributed by atoms with Crippen molar-refractivity contribution in [3.63, 3.8) is 0 Å². The van der Waals surface area contributed by atoms with E-state index in [-0.39, 0.29) is 10.7 Å². The van der Waals surface area contributed by atoms with E-state index in [1.165, 1.54) is 17.2 Å². The van der Waals surface area contributed by atoms with Gasteiger partial charge in [-0.15, -0.1) is 9.73 Å². The summed E-state index contributed by atoms with van der Waals surface area (Å²) < 4.78 is 1.27. The van der Waals surface area contributed by atoms with Gasteiger partial charge in [0.25, 0.3) is 0 Å². The molecule has 6 heteroatoms. The van der Waals surface area contributed by atoms with Crippen LogP contribution in [0.15, 0.2) is 12.5 Å². The molecule has 0 aromatic carbocycles. The first-order valence-corrected chi connectivity index (χ1v) is 3.42. The number of hydrogen-bond acceptors (Lipinski definition) is 3. The highest BCUT2D eigenvalue weighted by Crippen LogP contribution is 2.25. The molecule has 0 N–H and O–H groups in total. The average molecular weight is 180 g/mol. The van der Waals surface area contributed by atoms with E-state index in [4.69, 9.17) is 18.2 Å². The number of fused-ring (bicyclic) bond motifs is 1. The molecule has 0 atom stereocenters. The fourth-order valence-corrected chi connectivity index (χ4v) is 1.04. The van der Waals surface area contributed by atoms with Crippen molar-refractivity contribution in [3.8, 4) is 0 Å². The molecule has 0 saturated carbocycles. The van der Waals surface area contributed by atoms with Crippen LogP contribution in [-0.4, -0.2) is 19.8 Å². The normalized spacial score (nSPS) is 10.0. The molecule has 0 bridgehead atoms. The van der Waals surface area contributed by atoms with Gasteiger partial charge in [-0.25, -0.2) is 9.83 Å². The third-order valence-electron chi connectivity index (χ3n) is 1.36. The Hall–Kier alpha value is -1.67. The first-order valence-electron chi connectivity index (χ1n) is 3.05. The largest absolute Gasteiger partial charge is 0.235 e. The molecule has 12 heavy (non-hydrogen) atoms. The Morgan fingerprint density at radius 3 is 3.08 bits per heavy atom. The molecule has 2 heterocycles. The maximum absolute atomic E-state index is 6.76. The number of halogens is 1. The van der Waals surface area contributed by atoms with Crippen molar-refractivity contribution in [1.29, 1.82) is 0 Å². The van der Waals surface area contributed by atoms with E-state index in [2.05, 4.69) is 20.0 Å². The number of aromatic nitrogens is 4. The second-order valence-corrected chi connectivity index (χ2v) is 2.41. The van der Waals surface area contributed by atoms with Crippen molar-refractivity contribution >= 4 is 22.9 Å². The van der Waals surface area contributed by atoms with Gasteiger partial charge in [0.2, 0.25) is 5.69 Å². The van der Waals surface area contributed by atoms with Crippen LogP contribution >= 0.6 is 11.6 Å². The van der Waals surface area contributed by atoms with Crippen molar-refractivity contribution in [3.05, 3.63) is 29.0 Å². The van der Waals surface area contributed by atoms with Crippen LogP contribution < -0.4 is 0 Å². The van der Waals surface area contributed by atoms with Crippen LogP contribution in [0.5, 0.6) is 0 Å². The zero-order chi connectivity index (χ0) is 8.55. The van der Waals surface area contributed by atoms with Gasteiger partial charge in [0.15, 0.2) is 5.65 Å². The maximum atomic E-state index is 6.76. The third kappa shape index (κ3) is 0.822. The summed E-state index contributed by atoms with van der Waals surface area (Å²) in [4.78, 5) is 7.02. The van der Waals surface area contributed by atoms with Crippen molar-refractivity contribution in [2.24, 2.45) is 0 Å². The summed E-state index contributed by atoms with van der Waals surface area (Å²) in [6.07, 6.45) is 2.69. The second-order valence-electron chi connectivity index (χ2n) is 2.03. The van der Waals surface area contributed by atoms with E-state index in [0.29, 0.717) is 5.65 Å². The summed E-state index contributed by atoms with van der Waals surface area (Å²) in [5, 5.41) is 7.87. The zero-order valence-corrected chi connectivity index (χ0v) is 6.52. The van der Waals surface area contributed by atoms with Crippen molar-refractivity contribution in [2.45, 2.75) is 0 Å². The smallest absolute Gasteiger partial charge is 0.228 e. The van der Waals surface area contributed by atoms with Gasteiger partial charge in [-0.05, 0) is 0 Å². The van der Waals surface area contributed by atoms with Crippen LogP contribution in [0.2, 0.25) is 5.02 Å². The van der Waals surface area contributed by atoms with Crippen LogP contribution in [0, 0.1) is 6.57 Å². The fraction of sp³-hybridized carbons (Fsp3) is 0. The summed E-state index contributed by atoms with van der Waals surface area (Å²) in [6, 6.07) is 0. The van der Waals surface area contributed by atoms with E-state index in [9.17, 15) is 0 Å². The minimum absolute atomic E-state index is 0.289. The Balaban J connectivity index is 2.89. The Kier molecular flexibility index (Phi) is 1.42. The second kappa shape index (κ2) is 2.43. The molecule has 0 aliphatic carbocycles. The molecule has 0 saturated heterocycles. The molecule has 0 aliphatic rings. The van der Waals surface area contributed by atoms with Crippen molar-refractivity contribution < 1.29 is 0 Å². The predicted octanol–water partition coefficient (Wildman–Crippen LogP) is 1.33. The highest BCUT2D eigenvalue weighted by molar-refractivity contribution is 6.36. The minimum atomic E-state index is 0.289. The summed E-state index contributed by atoms with van der Waals surface area (Å²) in [5.74, 6) is 0. The molecule has 2 aromatic rings. The Bertz CT molecular complexity index is 468. The zero-order valence-electron chi connectivity index (χ0n) is 5.77. The quantitative estimate of drug-likeness (QED) is 0.574. The Morgan fingerprint density at radius 2 is 2.33 bits per heavy atom. The Labute approximate surface area is 72.4 Å². The van der Waals surface area contributed by atoms with E-state index in [1.54, 1.807) is 0 Å². The highest BCUT2D eigenvalue weighted by Gasteiger charge is 2.07. The SMILES string of the molecule is [C-]#[N+]c1cnn2ncnc2c1Cl. The molecule has 0 fully saturated rings. The third-order valence-corrected chi connectivity index (χ3v) is 1.72. The van der Waals surface area contributed by atoms with E-state index in [0.717, 1.165) is 0 Å². The van der Waals surface area contributed by atoms with E-state index >= 15 is 0 Å². The van der Waals surface area contributed by atoms with E-state index in [1.807, 2.05) is 0 Å². The van der Waals surface area contributed by atoms with Gasteiger partial charge in [-0.2, -0.15) is 5.10 Å². The lowest BCUT2D eigenvalue weighted by Crippen LogP contribution is -1.92. The van der Waals surface area contributed by atoms with Crippen LogP contribution in [0.25, 0.3) is 10.5 Å². The summed E-state index contributed by atoms with van der Waals surface area (Å²) in [7, 11) is 0. The first-order chi connectivity index (χ1) is 5.83. The van der Waals surface area contributed by atoms with Crippen LogP contribution in [0.4, 0.5) is 5.69 Å². The summed E-state index contributed by atoms with van der Waals surface area (Å²) in [6.45, 7) is 6.76. The van der Waals surface area contributed by atoms with Gasteiger partial charge in [-0.1, -0.05) is 11.6 Å². The monoisotopic (exact) mass is 179 g/mol. The molecule has 58 valence electrons. The lowest BCUT2D eigenvalue weighted by molar-refractivity contribution is 0.802. The molecule has 5 nitrogen and oxygen atoms in total. The highest BCUT2D eigenvalue weighted by atomic mass is 35.5. The minimum Gasteiger partial charge on any atom is -0.235 e. The van der Waals surface area contributed by atoms with E-state index < -0.39 is 0 Å². The van der Waals surface area contributed by atoms with Gasteiger partial charge in [0, 0.05) is 0 Å². The molecular formula is C6H2ClN5. The Morgan fingerprint density at radius 1 is 1.50 bits per heavy atom. The molecule has 0 radical (unpaired) electrons. The molecule has 0 amide bonds. The van der Waals surface area contributed by atoms with Crippen molar-refractivity contribution in [1.82, 2.24) is 19.8 Å². The first kappa shape index (κ1) is 7.00. The lowest BCUT2D eigenvalue weighted by Gasteiger charge is -1.94. The number of rotatable bonds is 0. The molecule has 0 unspecified atom stereocenters. The van der Waals surface area contributed by atoms with Gasteiger partial charge in [0.05, 0.1) is 17.8 Å². The van der Waals surface area contributed by atoms with Crippen LogP contribution in [0.1, 0.15) is 0 Å². The lowest BCUT2D eigenvalue weighted by atomic mass is 10.5. The maximum Gasteiger partial charge on any atom is 0.228 e. The molecule has 0 aliphatic heterocycles. The molecule has 0 spiro atoms. The van der Waals surface area contributed by atoms with Crippen LogP contribution in [0.3, 0.4) is 0 Å². The fourth-order valence-electron chi connectivity index (χ4n) is 0.823. The standard InChI is InChI=1S/C6H2ClN5/c1-8-4-2-10-12-6(5(4)7)9-3-11-12/h2-3H. The molecular weight excluding hydrogens is 178 g/mol. The van der Waals surface area contributed by atoms with Gasteiger partial charge in [0.1, 0.15) is 6.33 Å². The predicted molar refractivity (Wildman–Crippen MR) is 42.1 cm³/mol. The molecule has 2 aromatic heterocycles. The summed E-state index contributed by atoms with van der Waals surface area (Å²) in [5.41, 5.74) is 0.697. The topological polar surface area (TPSA) is 47.4 Å². The summed E-state index contributed by atoms with van der Waals surface area (Å²) >= 11 is 5.81. The molecule has 2 rings (SSSR count). The van der Waals surface area contributed by atoms with Crippen molar-refractivity contribution in [2.75, 3.05) is 0 Å². The average Bonchev–Trinajstić information content (AvgIpc) is 2.53. The van der Waals surface area contributed by atoms with Gasteiger partial charge < -0.3 is 0 Å². The van der Waals surface area contributed by atoms with Crippen LogP contribution in [-0.2, 0) is 0 Å². The van der Waals surface area contributed by atoms with Gasteiger partial charge in [-0.3, -0.25) is 0 Å². The van der Waals surface area contributed by atoms with Gasteiger partial charge >= 0.3 is 0 Å².